The lowest BCUT2D eigenvalue weighted by atomic mass is 9.85. The van der Waals surface area contributed by atoms with Gasteiger partial charge in [0, 0.05) is 5.57 Å². The number of hydrogen-bond acceptors (Lipinski definition) is 1. The first-order valence-corrected chi connectivity index (χ1v) is 9.94. The molecule has 0 aliphatic carbocycles. The maximum absolute atomic E-state index is 10.2. The largest absolute Gasteiger partial charge is 0.192 e. The average Bonchev–Trinajstić information content (AvgIpc) is 2.83. The lowest BCUT2D eigenvalue weighted by Gasteiger charge is -2.17. The highest BCUT2D eigenvalue weighted by atomic mass is 14.3. The van der Waals surface area contributed by atoms with Crippen molar-refractivity contribution in [2.45, 2.75) is 0 Å². The molecule has 1 heteroatoms. The molecule has 4 rings (SSSR count). The van der Waals surface area contributed by atoms with Gasteiger partial charge in [-0.25, -0.2) is 0 Å². The summed E-state index contributed by atoms with van der Waals surface area (Å²) in [4.78, 5) is 0. The molecule has 0 N–H and O–H groups in total. The molecule has 0 atom stereocenters. The van der Waals surface area contributed by atoms with Crippen molar-refractivity contribution in [3.63, 3.8) is 0 Å². The molecule has 0 saturated carbocycles. The van der Waals surface area contributed by atoms with E-state index in [1.165, 1.54) is 0 Å². The van der Waals surface area contributed by atoms with Gasteiger partial charge in [-0.1, -0.05) is 121 Å². The number of rotatable bonds is 5. The number of benzene rings is 4. The normalized spacial score (nSPS) is 12.0. The number of nitriles is 1. The first kappa shape index (κ1) is 19.2. The minimum Gasteiger partial charge on any atom is -0.192 e. The summed E-state index contributed by atoms with van der Waals surface area (Å²) in [6.07, 6.45) is 2.16. The van der Waals surface area contributed by atoms with E-state index in [1.807, 2.05) is 84.9 Å². The molecule has 0 spiro atoms. The zero-order valence-electron chi connectivity index (χ0n) is 16.6. The third-order valence-electron chi connectivity index (χ3n) is 4.95. The van der Waals surface area contributed by atoms with Crippen molar-refractivity contribution in [3.05, 3.63) is 144 Å². The Morgan fingerprint density at radius 1 is 0.533 bits per heavy atom. The maximum Gasteiger partial charge on any atom is 0.100 e. The van der Waals surface area contributed by atoms with Gasteiger partial charge in [0.05, 0.1) is 5.57 Å². The van der Waals surface area contributed by atoms with Gasteiger partial charge < -0.3 is 0 Å². The van der Waals surface area contributed by atoms with Gasteiger partial charge in [0.15, 0.2) is 0 Å². The molecule has 0 unspecified atom stereocenters. The monoisotopic (exact) mass is 383 g/mol. The van der Waals surface area contributed by atoms with E-state index in [0.717, 1.165) is 33.4 Å². The molecule has 1 nitrogen and oxygen atoms in total. The second-order valence-electron chi connectivity index (χ2n) is 6.93. The Balaban J connectivity index is 2.06. The molecule has 0 heterocycles. The molecule has 0 amide bonds. The van der Waals surface area contributed by atoms with Gasteiger partial charge in [-0.05, 0) is 33.9 Å². The Morgan fingerprint density at radius 3 is 1.47 bits per heavy atom. The molecular weight excluding hydrogens is 362 g/mol. The van der Waals surface area contributed by atoms with Crippen LogP contribution in [0.25, 0.3) is 22.8 Å². The van der Waals surface area contributed by atoms with Gasteiger partial charge in [-0.2, -0.15) is 5.26 Å². The van der Waals surface area contributed by atoms with Gasteiger partial charge in [-0.3, -0.25) is 0 Å². The molecule has 142 valence electrons. The first-order chi connectivity index (χ1) is 14.9. The van der Waals surface area contributed by atoms with Crippen LogP contribution in [-0.2, 0) is 0 Å². The second-order valence-corrected chi connectivity index (χ2v) is 6.93. The zero-order chi connectivity index (χ0) is 20.6. The van der Waals surface area contributed by atoms with Crippen LogP contribution in [0.2, 0.25) is 0 Å². The highest BCUT2D eigenvalue weighted by molar-refractivity contribution is 6.21. The van der Waals surface area contributed by atoms with Crippen molar-refractivity contribution in [1.29, 1.82) is 5.26 Å². The van der Waals surface area contributed by atoms with Crippen molar-refractivity contribution in [2.24, 2.45) is 0 Å². The molecule has 0 aromatic heterocycles. The maximum atomic E-state index is 10.2. The molecule has 0 fully saturated rings. The van der Waals surface area contributed by atoms with E-state index in [0.29, 0.717) is 5.57 Å². The summed E-state index contributed by atoms with van der Waals surface area (Å²) < 4.78 is 0. The molecule has 30 heavy (non-hydrogen) atoms. The van der Waals surface area contributed by atoms with Gasteiger partial charge in [-0.15, -0.1) is 0 Å². The van der Waals surface area contributed by atoms with Crippen molar-refractivity contribution in [3.8, 4) is 6.07 Å². The third-order valence-corrected chi connectivity index (χ3v) is 4.95. The summed E-state index contributed by atoms with van der Waals surface area (Å²) in [6.45, 7) is 0. The van der Waals surface area contributed by atoms with Crippen molar-refractivity contribution in [2.75, 3.05) is 0 Å². The van der Waals surface area contributed by atoms with Crippen LogP contribution in [0.1, 0.15) is 22.3 Å². The van der Waals surface area contributed by atoms with Crippen LogP contribution in [0.5, 0.6) is 0 Å². The van der Waals surface area contributed by atoms with E-state index in [9.17, 15) is 5.26 Å². The second kappa shape index (κ2) is 9.37. The first-order valence-electron chi connectivity index (χ1n) is 9.94. The number of hydrogen-bond donors (Lipinski definition) is 0. The SMILES string of the molecule is N#C/C(=C(\C(=Cc1ccccc1)c1ccccc1)c1ccccc1)c1ccccc1. The summed E-state index contributed by atoms with van der Waals surface area (Å²) in [6, 6.07) is 43.1. The quantitative estimate of drug-likeness (QED) is 0.201. The van der Waals surface area contributed by atoms with E-state index in [1.54, 1.807) is 0 Å². The lowest BCUT2D eigenvalue weighted by Crippen LogP contribution is -1.96. The molecular formula is C29H21N. The van der Waals surface area contributed by atoms with Crippen LogP contribution in [0, 0.1) is 11.3 Å². The van der Waals surface area contributed by atoms with E-state index >= 15 is 0 Å². The van der Waals surface area contributed by atoms with E-state index < -0.39 is 0 Å². The standard InChI is InChI=1S/C29H21N/c30-22-28(25-17-9-3-10-18-25)29(26-19-11-4-12-20-26)27(24-15-7-2-8-16-24)21-23-13-5-1-6-14-23/h1-21H/b27-21?,29-28+. The molecule has 4 aromatic rings. The van der Waals surface area contributed by atoms with Crippen LogP contribution < -0.4 is 0 Å². The van der Waals surface area contributed by atoms with Gasteiger partial charge in [0.1, 0.15) is 6.07 Å². The predicted octanol–water partition coefficient (Wildman–Crippen LogP) is 7.36. The Bertz CT molecular complexity index is 1200. The highest BCUT2D eigenvalue weighted by Crippen LogP contribution is 2.38. The van der Waals surface area contributed by atoms with Crippen LogP contribution in [-0.4, -0.2) is 0 Å². The third kappa shape index (κ3) is 4.29. The van der Waals surface area contributed by atoms with E-state index in [2.05, 4.69) is 48.5 Å². The Labute approximate surface area is 177 Å². The van der Waals surface area contributed by atoms with Gasteiger partial charge in [0.2, 0.25) is 0 Å². The summed E-state index contributed by atoms with van der Waals surface area (Å²) >= 11 is 0. The topological polar surface area (TPSA) is 23.8 Å². The fraction of sp³-hybridized carbons (Fsp3) is 0. The van der Waals surface area contributed by atoms with Gasteiger partial charge >= 0.3 is 0 Å². The summed E-state index contributed by atoms with van der Waals surface area (Å²) in [7, 11) is 0. The summed E-state index contributed by atoms with van der Waals surface area (Å²) in [5, 5.41) is 10.2. The van der Waals surface area contributed by atoms with E-state index in [4.69, 9.17) is 0 Å². The highest BCUT2D eigenvalue weighted by Gasteiger charge is 2.17. The lowest BCUT2D eigenvalue weighted by molar-refractivity contribution is 1.51. The Hall–Kier alpha value is -4.15. The van der Waals surface area contributed by atoms with Crippen molar-refractivity contribution >= 4 is 22.8 Å². The minimum absolute atomic E-state index is 0.660. The van der Waals surface area contributed by atoms with Crippen LogP contribution in [0.4, 0.5) is 0 Å². The molecule has 0 saturated heterocycles. The minimum atomic E-state index is 0.660. The van der Waals surface area contributed by atoms with Crippen LogP contribution in [0.15, 0.2) is 121 Å². The summed E-state index contributed by atoms with van der Waals surface area (Å²) in [5.74, 6) is 0. The predicted molar refractivity (Wildman–Crippen MR) is 126 cm³/mol. The molecule has 0 bridgehead atoms. The van der Waals surface area contributed by atoms with Crippen LogP contribution >= 0.6 is 0 Å². The summed E-state index contributed by atoms with van der Waals surface area (Å²) in [5.41, 5.74) is 6.71. The Morgan fingerprint density at radius 2 is 0.967 bits per heavy atom. The van der Waals surface area contributed by atoms with Crippen molar-refractivity contribution in [1.82, 2.24) is 0 Å². The molecule has 0 aliphatic heterocycles. The average molecular weight is 383 g/mol. The fourth-order valence-electron chi connectivity index (χ4n) is 3.54. The smallest absolute Gasteiger partial charge is 0.100 e. The number of allylic oxidation sites excluding steroid dienone is 3. The van der Waals surface area contributed by atoms with Crippen LogP contribution in [0.3, 0.4) is 0 Å². The molecule has 4 aromatic carbocycles. The zero-order valence-corrected chi connectivity index (χ0v) is 16.6. The Kier molecular flexibility index (Phi) is 5.99. The molecule has 0 radical (unpaired) electrons. The van der Waals surface area contributed by atoms with Crippen molar-refractivity contribution < 1.29 is 0 Å². The molecule has 0 aliphatic rings. The van der Waals surface area contributed by atoms with Gasteiger partial charge in [0.25, 0.3) is 0 Å². The fourth-order valence-corrected chi connectivity index (χ4v) is 3.54. The number of nitrogens with zero attached hydrogens (tertiary/aromatic N) is 1. The van der Waals surface area contributed by atoms with E-state index in [-0.39, 0.29) is 0 Å².